The Morgan fingerprint density at radius 2 is 1.73 bits per heavy atom. The lowest BCUT2D eigenvalue weighted by Crippen LogP contribution is -2.17. The van der Waals surface area contributed by atoms with Gasteiger partial charge in [0.15, 0.2) is 0 Å². The Bertz CT molecular complexity index is 264. The van der Waals surface area contributed by atoms with E-state index < -0.39 is 0 Å². The second-order valence-electron chi connectivity index (χ2n) is 5.04. The Morgan fingerprint density at radius 1 is 1.07 bits per heavy atom. The van der Waals surface area contributed by atoms with E-state index in [1.165, 1.54) is 24.8 Å². The highest BCUT2D eigenvalue weighted by Crippen LogP contribution is 2.26. The molecule has 0 fully saturated rings. The predicted molar refractivity (Wildman–Crippen MR) is 66.8 cm³/mol. The van der Waals surface area contributed by atoms with Gasteiger partial charge in [-0.2, -0.15) is 0 Å². The average molecular weight is 205 g/mol. The summed E-state index contributed by atoms with van der Waals surface area (Å²) >= 11 is 0. The van der Waals surface area contributed by atoms with E-state index in [1.807, 2.05) is 0 Å². The topological polar surface area (TPSA) is 26.0 Å². The van der Waals surface area contributed by atoms with Gasteiger partial charge in [0.2, 0.25) is 0 Å². The molecular formula is C14H23N. The molecule has 0 bridgehead atoms. The molecule has 1 aromatic rings. The van der Waals surface area contributed by atoms with Crippen molar-refractivity contribution in [2.24, 2.45) is 11.1 Å². The molecule has 0 aliphatic heterocycles. The average Bonchev–Trinajstić information content (AvgIpc) is 2.19. The summed E-state index contributed by atoms with van der Waals surface area (Å²) in [6, 6.07) is 10.7. The minimum absolute atomic E-state index is 0.406. The van der Waals surface area contributed by atoms with Gasteiger partial charge in [-0.25, -0.2) is 0 Å². The van der Waals surface area contributed by atoms with Crippen molar-refractivity contribution in [3.05, 3.63) is 35.9 Å². The molecule has 0 heterocycles. The Morgan fingerprint density at radius 3 is 2.33 bits per heavy atom. The fourth-order valence-electron chi connectivity index (χ4n) is 1.93. The summed E-state index contributed by atoms with van der Waals surface area (Å²) in [7, 11) is 0. The van der Waals surface area contributed by atoms with Crippen molar-refractivity contribution in [3.63, 3.8) is 0 Å². The third-order valence-corrected chi connectivity index (χ3v) is 2.98. The first-order valence-corrected chi connectivity index (χ1v) is 5.88. The van der Waals surface area contributed by atoms with Crippen LogP contribution >= 0.6 is 0 Å². The quantitative estimate of drug-likeness (QED) is 0.757. The van der Waals surface area contributed by atoms with E-state index in [4.69, 9.17) is 5.73 Å². The maximum Gasteiger partial charge on any atom is -0.00722 e. The minimum atomic E-state index is 0.406. The molecule has 0 radical (unpaired) electrons. The van der Waals surface area contributed by atoms with E-state index in [0.29, 0.717) is 5.41 Å². The molecule has 0 aliphatic rings. The summed E-state index contributed by atoms with van der Waals surface area (Å²) in [6.45, 7) is 5.42. The Balaban J connectivity index is 2.27. The van der Waals surface area contributed by atoms with Crippen LogP contribution in [-0.4, -0.2) is 6.54 Å². The van der Waals surface area contributed by atoms with E-state index >= 15 is 0 Å². The largest absolute Gasteiger partial charge is 0.330 e. The monoisotopic (exact) mass is 205 g/mol. The molecule has 1 heteroatoms. The third-order valence-electron chi connectivity index (χ3n) is 2.98. The van der Waals surface area contributed by atoms with Gasteiger partial charge in [-0.3, -0.25) is 0 Å². The molecule has 0 spiro atoms. The number of nitrogens with two attached hydrogens (primary N) is 1. The molecule has 1 rings (SSSR count). The van der Waals surface area contributed by atoms with Crippen LogP contribution in [0.4, 0.5) is 0 Å². The van der Waals surface area contributed by atoms with E-state index in [-0.39, 0.29) is 0 Å². The van der Waals surface area contributed by atoms with Crippen molar-refractivity contribution in [3.8, 4) is 0 Å². The molecule has 1 aromatic carbocycles. The van der Waals surface area contributed by atoms with Crippen molar-refractivity contribution >= 4 is 0 Å². The maximum atomic E-state index is 5.60. The molecule has 0 aliphatic carbocycles. The highest BCUT2D eigenvalue weighted by Gasteiger charge is 2.15. The van der Waals surface area contributed by atoms with Crippen LogP contribution in [0.2, 0.25) is 0 Å². The Labute approximate surface area is 93.7 Å². The first-order chi connectivity index (χ1) is 7.14. The number of hydrogen-bond donors (Lipinski definition) is 1. The second-order valence-corrected chi connectivity index (χ2v) is 5.04. The van der Waals surface area contributed by atoms with Gasteiger partial charge in [0.1, 0.15) is 0 Å². The van der Waals surface area contributed by atoms with Crippen molar-refractivity contribution in [2.75, 3.05) is 6.54 Å². The molecule has 0 saturated carbocycles. The first kappa shape index (κ1) is 12.3. The number of aryl methyl sites for hydroxylation is 1. The van der Waals surface area contributed by atoms with Crippen molar-refractivity contribution in [1.82, 2.24) is 0 Å². The van der Waals surface area contributed by atoms with Gasteiger partial charge < -0.3 is 5.73 Å². The molecule has 0 aromatic heterocycles. The Hall–Kier alpha value is -0.820. The summed E-state index contributed by atoms with van der Waals surface area (Å²) in [6.07, 6.45) is 4.84. The summed E-state index contributed by atoms with van der Waals surface area (Å²) in [4.78, 5) is 0. The summed E-state index contributed by atoms with van der Waals surface area (Å²) in [5.41, 5.74) is 7.45. The minimum Gasteiger partial charge on any atom is -0.330 e. The smallest absolute Gasteiger partial charge is 0.00722 e. The van der Waals surface area contributed by atoms with Gasteiger partial charge in [0.05, 0.1) is 0 Å². The standard InChI is InChI=1S/C14H23N/c1-14(2,11-12-15)10-6-9-13-7-4-3-5-8-13/h3-5,7-8H,6,9-12,15H2,1-2H3. The van der Waals surface area contributed by atoms with Crippen LogP contribution in [0.15, 0.2) is 30.3 Å². The van der Waals surface area contributed by atoms with Gasteiger partial charge in [0.25, 0.3) is 0 Å². The summed E-state index contributed by atoms with van der Waals surface area (Å²) in [5, 5.41) is 0. The van der Waals surface area contributed by atoms with Crippen LogP contribution < -0.4 is 5.73 Å². The normalized spacial score (nSPS) is 11.7. The predicted octanol–water partition coefficient (Wildman–Crippen LogP) is 3.38. The summed E-state index contributed by atoms with van der Waals surface area (Å²) < 4.78 is 0. The lowest BCUT2D eigenvalue weighted by atomic mass is 9.83. The molecule has 2 N–H and O–H groups in total. The molecular weight excluding hydrogens is 182 g/mol. The Kier molecular flexibility index (Phi) is 4.83. The lowest BCUT2D eigenvalue weighted by molar-refractivity contribution is 0.304. The summed E-state index contributed by atoms with van der Waals surface area (Å²) in [5.74, 6) is 0. The van der Waals surface area contributed by atoms with E-state index in [1.54, 1.807) is 0 Å². The van der Waals surface area contributed by atoms with Crippen LogP contribution in [0.1, 0.15) is 38.7 Å². The van der Waals surface area contributed by atoms with Crippen LogP contribution in [-0.2, 0) is 6.42 Å². The molecule has 0 amide bonds. The molecule has 0 saturated heterocycles. The zero-order valence-electron chi connectivity index (χ0n) is 10.00. The van der Waals surface area contributed by atoms with Crippen LogP contribution in [0.3, 0.4) is 0 Å². The van der Waals surface area contributed by atoms with Crippen LogP contribution in [0, 0.1) is 5.41 Å². The zero-order valence-corrected chi connectivity index (χ0v) is 10.00. The number of rotatable bonds is 6. The van der Waals surface area contributed by atoms with Gasteiger partial charge in [-0.05, 0) is 43.2 Å². The third kappa shape index (κ3) is 4.98. The zero-order chi connectivity index (χ0) is 11.1. The van der Waals surface area contributed by atoms with Crippen LogP contribution in [0.25, 0.3) is 0 Å². The molecule has 15 heavy (non-hydrogen) atoms. The molecule has 1 nitrogen and oxygen atoms in total. The molecule has 0 unspecified atom stereocenters. The fraction of sp³-hybridized carbons (Fsp3) is 0.571. The lowest BCUT2D eigenvalue weighted by Gasteiger charge is -2.23. The second kappa shape index (κ2) is 5.92. The SMILES string of the molecule is CC(C)(CCN)CCCc1ccccc1. The highest BCUT2D eigenvalue weighted by atomic mass is 14.5. The van der Waals surface area contributed by atoms with Crippen LogP contribution in [0.5, 0.6) is 0 Å². The maximum absolute atomic E-state index is 5.60. The van der Waals surface area contributed by atoms with E-state index in [2.05, 4.69) is 44.2 Å². The van der Waals surface area contributed by atoms with Crippen molar-refractivity contribution < 1.29 is 0 Å². The van der Waals surface area contributed by atoms with E-state index in [0.717, 1.165) is 13.0 Å². The van der Waals surface area contributed by atoms with Gasteiger partial charge in [-0.1, -0.05) is 44.2 Å². The molecule has 84 valence electrons. The van der Waals surface area contributed by atoms with Gasteiger partial charge in [-0.15, -0.1) is 0 Å². The molecule has 0 atom stereocenters. The van der Waals surface area contributed by atoms with Crippen molar-refractivity contribution in [2.45, 2.75) is 39.5 Å². The number of hydrogen-bond acceptors (Lipinski definition) is 1. The fourth-order valence-corrected chi connectivity index (χ4v) is 1.93. The van der Waals surface area contributed by atoms with Gasteiger partial charge in [0, 0.05) is 0 Å². The number of benzene rings is 1. The van der Waals surface area contributed by atoms with E-state index in [9.17, 15) is 0 Å². The van der Waals surface area contributed by atoms with Gasteiger partial charge >= 0.3 is 0 Å². The highest BCUT2D eigenvalue weighted by molar-refractivity contribution is 5.14. The van der Waals surface area contributed by atoms with Crippen molar-refractivity contribution in [1.29, 1.82) is 0 Å². The first-order valence-electron chi connectivity index (χ1n) is 5.88.